The Labute approximate surface area is 130 Å². The molecule has 7 heteroatoms. The third-order valence-corrected chi connectivity index (χ3v) is 4.62. The highest BCUT2D eigenvalue weighted by molar-refractivity contribution is 7.90. The number of halogens is 1. The maximum Gasteiger partial charge on any atom is 0.147 e. The van der Waals surface area contributed by atoms with E-state index in [1.54, 1.807) is 0 Å². The van der Waals surface area contributed by atoms with E-state index in [9.17, 15) is 8.42 Å². The van der Waals surface area contributed by atoms with Crippen molar-refractivity contribution >= 4 is 32.5 Å². The molecule has 0 saturated heterocycles. The summed E-state index contributed by atoms with van der Waals surface area (Å²) in [6, 6.07) is 5.23. The Morgan fingerprint density at radius 3 is 2.62 bits per heavy atom. The van der Waals surface area contributed by atoms with Gasteiger partial charge < -0.3 is 10.3 Å². The van der Waals surface area contributed by atoms with Gasteiger partial charge in [-0.25, -0.2) is 13.4 Å². The fourth-order valence-corrected chi connectivity index (χ4v) is 3.32. The summed E-state index contributed by atoms with van der Waals surface area (Å²) in [5, 5.41) is 0.621. The summed E-state index contributed by atoms with van der Waals surface area (Å²) in [7, 11) is -3.04. The monoisotopic (exact) mass is 329 g/mol. The number of imidazole rings is 1. The first-order chi connectivity index (χ1) is 9.70. The Morgan fingerprint density at radius 1 is 1.38 bits per heavy atom. The van der Waals surface area contributed by atoms with Crippen LogP contribution < -0.4 is 5.73 Å². The quantitative estimate of drug-likeness (QED) is 0.914. The van der Waals surface area contributed by atoms with Crippen LogP contribution in [0.25, 0.3) is 11.0 Å². The molecule has 0 amide bonds. The van der Waals surface area contributed by atoms with Gasteiger partial charge in [-0.1, -0.05) is 17.7 Å². The lowest BCUT2D eigenvalue weighted by molar-refractivity contribution is 0.531. The molecule has 1 unspecified atom stereocenters. The number of fused-ring (bicyclic) bond motifs is 1. The normalized spacial score (nSPS) is 14.0. The molecule has 2 N–H and O–H groups in total. The van der Waals surface area contributed by atoms with Gasteiger partial charge in [0.2, 0.25) is 0 Å². The number of para-hydroxylation sites is 1. The number of sulfone groups is 1. The molecule has 1 atom stereocenters. The van der Waals surface area contributed by atoms with Crippen molar-refractivity contribution in [2.45, 2.75) is 32.4 Å². The summed E-state index contributed by atoms with van der Waals surface area (Å²) >= 11 is 6.28. The molecule has 2 aromatic rings. The Balaban J connectivity index is 2.48. The van der Waals surface area contributed by atoms with Crippen LogP contribution in [0.15, 0.2) is 18.2 Å². The van der Waals surface area contributed by atoms with Crippen molar-refractivity contribution in [2.75, 3.05) is 12.0 Å². The minimum absolute atomic E-state index is 0.0448. The smallest absolute Gasteiger partial charge is 0.147 e. The van der Waals surface area contributed by atoms with Crippen molar-refractivity contribution in [3.05, 3.63) is 29.0 Å². The standard InChI is InChI=1S/C14H20ClN3O2S/c1-9(2)18-13-10(15)5-4-6-12(13)17-14(18)11(16)7-8-21(3,19)20/h4-6,9,11H,7-8,16H2,1-3H3. The maximum atomic E-state index is 11.3. The van der Waals surface area contributed by atoms with Gasteiger partial charge in [0, 0.05) is 12.3 Å². The molecule has 1 aromatic carbocycles. The van der Waals surface area contributed by atoms with Gasteiger partial charge in [-0.2, -0.15) is 0 Å². The summed E-state index contributed by atoms with van der Waals surface area (Å²) < 4.78 is 24.6. The van der Waals surface area contributed by atoms with E-state index in [0.717, 1.165) is 11.0 Å². The Kier molecular flexibility index (Phi) is 4.60. The highest BCUT2D eigenvalue weighted by atomic mass is 35.5. The van der Waals surface area contributed by atoms with Crippen LogP contribution >= 0.6 is 11.6 Å². The fourth-order valence-electron chi connectivity index (χ4n) is 2.38. The number of hydrogen-bond acceptors (Lipinski definition) is 4. The van der Waals surface area contributed by atoms with Crippen LogP contribution in [0, 0.1) is 0 Å². The molecule has 0 aliphatic carbocycles. The third-order valence-electron chi connectivity index (χ3n) is 3.34. The zero-order valence-corrected chi connectivity index (χ0v) is 13.9. The number of nitrogens with two attached hydrogens (primary N) is 1. The lowest BCUT2D eigenvalue weighted by atomic mass is 10.2. The van der Waals surface area contributed by atoms with Crippen LogP contribution in [0.3, 0.4) is 0 Å². The minimum Gasteiger partial charge on any atom is -0.323 e. The number of nitrogens with zero attached hydrogens (tertiary/aromatic N) is 2. The summed E-state index contributed by atoms with van der Waals surface area (Å²) in [5.41, 5.74) is 7.79. The summed E-state index contributed by atoms with van der Waals surface area (Å²) in [6.45, 7) is 4.05. The van der Waals surface area contributed by atoms with Crippen LogP contribution in [0.2, 0.25) is 5.02 Å². The van der Waals surface area contributed by atoms with Gasteiger partial charge in [0.05, 0.1) is 27.9 Å². The number of hydrogen-bond donors (Lipinski definition) is 1. The molecule has 5 nitrogen and oxygen atoms in total. The molecule has 1 aromatic heterocycles. The lowest BCUT2D eigenvalue weighted by Crippen LogP contribution is -2.21. The fraction of sp³-hybridized carbons (Fsp3) is 0.500. The Morgan fingerprint density at radius 2 is 2.05 bits per heavy atom. The maximum absolute atomic E-state index is 11.3. The number of aromatic nitrogens is 2. The van der Waals surface area contributed by atoms with Crippen molar-refractivity contribution < 1.29 is 8.42 Å². The van der Waals surface area contributed by atoms with E-state index in [0.29, 0.717) is 17.3 Å². The van der Waals surface area contributed by atoms with Crippen molar-refractivity contribution in [1.29, 1.82) is 0 Å². The van der Waals surface area contributed by atoms with Gasteiger partial charge in [0.1, 0.15) is 15.7 Å². The first-order valence-electron chi connectivity index (χ1n) is 6.80. The van der Waals surface area contributed by atoms with Gasteiger partial charge in [0.15, 0.2) is 0 Å². The molecule has 2 rings (SSSR count). The molecule has 21 heavy (non-hydrogen) atoms. The van der Waals surface area contributed by atoms with Gasteiger partial charge in [-0.05, 0) is 32.4 Å². The average Bonchev–Trinajstić information content (AvgIpc) is 2.76. The predicted molar refractivity (Wildman–Crippen MR) is 86.4 cm³/mol. The van der Waals surface area contributed by atoms with Gasteiger partial charge >= 0.3 is 0 Å². The molecule has 0 fully saturated rings. The van der Waals surface area contributed by atoms with E-state index in [1.165, 1.54) is 6.26 Å². The van der Waals surface area contributed by atoms with Crippen molar-refractivity contribution in [3.8, 4) is 0 Å². The largest absolute Gasteiger partial charge is 0.323 e. The van der Waals surface area contributed by atoms with Crippen molar-refractivity contribution in [2.24, 2.45) is 5.73 Å². The van der Waals surface area contributed by atoms with Crippen LogP contribution in [0.4, 0.5) is 0 Å². The molecule has 0 aliphatic heterocycles. The summed E-state index contributed by atoms with van der Waals surface area (Å²) in [4.78, 5) is 4.55. The topological polar surface area (TPSA) is 78.0 Å². The van der Waals surface area contributed by atoms with Crippen LogP contribution in [-0.4, -0.2) is 30.0 Å². The Hall–Kier alpha value is -1.11. The zero-order valence-electron chi connectivity index (χ0n) is 12.4. The summed E-state index contributed by atoms with van der Waals surface area (Å²) in [6.07, 6.45) is 1.55. The zero-order chi connectivity index (χ0) is 15.8. The molecule has 0 bridgehead atoms. The van der Waals surface area contributed by atoms with E-state index in [4.69, 9.17) is 17.3 Å². The summed E-state index contributed by atoms with van der Waals surface area (Å²) in [5.74, 6) is 0.722. The van der Waals surface area contributed by atoms with E-state index in [2.05, 4.69) is 4.98 Å². The molecule has 0 radical (unpaired) electrons. The van der Waals surface area contributed by atoms with Gasteiger partial charge in [0.25, 0.3) is 0 Å². The van der Waals surface area contributed by atoms with Crippen LogP contribution in [0.5, 0.6) is 0 Å². The van der Waals surface area contributed by atoms with Crippen molar-refractivity contribution in [1.82, 2.24) is 9.55 Å². The highest BCUT2D eigenvalue weighted by Gasteiger charge is 2.21. The second-order valence-electron chi connectivity index (χ2n) is 5.57. The van der Waals surface area contributed by atoms with Crippen LogP contribution in [-0.2, 0) is 9.84 Å². The van der Waals surface area contributed by atoms with Crippen LogP contribution in [0.1, 0.15) is 38.2 Å². The number of benzene rings is 1. The molecular formula is C14H20ClN3O2S. The first kappa shape index (κ1) is 16.3. The van der Waals surface area contributed by atoms with E-state index >= 15 is 0 Å². The predicted octanol–water partition coefficient (Wildman–Crippen LogP) is 2.71. The SMILES string of the molecule is CC(C)n1c(C(N)CCS(C)(=O)=O)nc2cccc(Cl)c21. The minimum atomic E-state index is -3.04. The molecule has 0 spiro atoms. The lowest BCUT2D eigenvalue weighted by Gasteiger charge is -2.17. The molecule has 116 valence electrons. The van der Waals surface area contributed by atoms with Gasteiger partial charge in [-0.3, -0.25) is 0 Å². The van der Waals surface area contributed by atoms with E-state index in [1.807, 2.05) is 36.6 Å². The first-order valence-corrected chi connectivity index (χ1v) is 9.24. The average molecular weight is 330 g/mol. The molecule has 0 aliphatic rings. The third kappa shape index (κ3) is 3.56. The molecule has 1 heterocycles. The van der Waals surface area contributed by atoms with Crippen molar-refractivity contribution in [3.63, 3.8) is 0 Å². The molecule has 0 saturated carbocycles. The van der Waals surface area contributed by atoms with Gasteiger partial charge in [-0.15, -0.1) is 0 Å². The Bertz CT molecular complexity index is 753. The van der Waals surface area contributed by atoms with E-state index < -0.39 is 15.9 Å². The molecular weight excluding hydrogens is 310 g/mol. The highest BCUT2D eigenvalue weighted by Crippen LogP contribution is 2.30. The van der Waals surface area contributed by atoms with E-state index in [-0.39, 0.29) is 11.8 Å². The second-order valence-corrected chi connectivity index (χ2v) is 8.23. The second kappa shape index (κ2) is 5.94. The number of rotatable bonds is 5.